The van der Waals surface area contributed by atoms with Crippen LogP contribution >= 0.6 is 0 Å². The Morgan fingerprint density at radius 2 is 2.14 bits per heavy atom. The van der Waals surface area contributed by atoms with Crippen LogP contribution in [-0.4, -0.2) is 49.8 Å². The van der Waals surface area contributed by atoms with Crippen molar-refractivity contribution in [2.24, 2.45) is 4.99 Å². The fraction of sp³-hybridized carbons (Fsp3) is 0.429. The highest BCUT2D eigenvalue weighted by molar-refractivity contribution is 5.80. The summed E-state index contributed by atoms with van der Waals surface area (Å²) in [6.07, 6.45) is 2.53. The highest BCUT2D eigenvalue weighted by Crippen LogP contribution is 2.20. The molecule has 3 rings (SSSR count). The normalized spacial score (nSPS) is 17.0. The molecule has 1 aromatic heterocycles. The van der Waals surface area contributed by atoms with Crippen molar-refractivity contribution >= 4 is 11.8 Å². The van der Waals surface area contributed by atoms with Gasteiger partial charge in [-0.05, 0) is 31.0 Å². The molecule has 1 aromatic carbocycles. The SMILES string of the molecule is CCNC(=NCCOCc1ccccc1)NC1CCN(c2ncccc2F)C1. The summed E-state index contributed by atoms with van der Waals surface area (Å²) >= 11 is 0. The molecule has 0 radical (unpaired) electrons. The van der Waals surface area contributed by atoms with Crippen LogP contribution < -0.4 is 15.5 Å². The molecule has 1 aliphatic rings. The molecule has 2 N–H and O–H groups in total. The monoisotopic (exact) mass is 385 g/mol. The first-order valence-corrected chi connectivity index (χ1v) is 9.78. The van der Waals surface area contributed by atoms with Gasteiger partial charge in [0, 0.05) is 31.9 Å². The van der Waals surface area contributed by atoms with Crippen molar-refractivity contribution in [3.05, 3.63) is 60.0 Å². The van der Waals surface area contributed by atoms with Gasteiger partial charge in [-0.15, -0.1) is 0 Å². The molecule has 1 unspecified atom stereocenters. The van der Waals surface area contributed by atoms with Gasteiger partial charge in [0.25, 0.3) is 0 Å². The summed E-state index contributed by atoms with van der Waals surface area (Å²) in [6, 6.07) is 13.4. The number of nitrogens with one attached hydrogen (secondary N) is 2. The molecule has 0 spiro atoms. The summed E-state index contributed by atoms with van der Waals surface area (Å²) in [5, 5.41) is 6.70. The Morgan fingerprint density at radius 1 is 1.29 bits per heavy atom. The topological polar surface area (TPSA) is 61.8 Å². The average molecular weight is 385 g/mol. The first kappa shape index (κ1) is 20.1. The van der Waals surface area contributed by atoms with E-state index in [0.29, 0.717) is 32.1 Å². The molecule has 0 aliphatic carbocycles. The zero-order valence-corrected chi connectivity index (χ0v) is 16.3. The molecular weight excluding hydrogens is 357 g/mol. The second-order valence-electron chi connectivity index (χ2n) is 6.68. The minimum absolute atomic E-state index is 0.199. The Balaban J connectivity index is 1.45. The smallest absolute Gasteiger partial charge is 0.191 e. The molecule has 1 atom stereocenters. The predicted molar refractivity (Wildman–Crippen MR) is 110 cm³/mol. The van der Waals surface area contributed by atoms with E-state index in [2.05, 4.69) is 20.6 Å². The van der Waals surface area contributed by atoms with Gasteiger partial charge in [-0.1, -0.05) is 30.3 Å². The molecule has 0 amide bonds. The molecule has 1 saturated heterocycles. The number of halogens is 1. The minimum atomic E-state index is -0.278. The Morgan fingerprint density at radius 3 is 2.93 bits per heavy atom. The van der Waals surface area contributed by atoms with Crippen LogP contribution in [0.4, 0.5) is 10.2 Å². The van der Waals surface area contributed by atoms with E-state index in [0.717, 1.165) is 31.0 Å². The highest BCUT2D eigenvalue weighted by Gasteiger charge is 2.25. The largest absolute Gasteiger partial charge is 0.375 e. The number of nitrogens with zero attached hydrogens (tertiary/aromatic N) is 3. The van der Waals surface area contributed by atoms with Gasteiger partial charge in [0.2, 0.25) is 0 Å². The van der Waals surface area contributed by atoms with Crippen molar-refractivity contribution in [2.45, 2.75) is 26.0 Å². The lowest BCUT2D eigenvalue weighted by molar-refractivity contribution is 0.128. The van der Waals surface area contributed by atoms with Crippen LogP contribution in [0.2, 0.25) is 0 Å². The zero-order valence-electron chi connectivity index (χ0n) is 16.3. The highest BCUT2D eigenvalue weighted by atomic mass is 19.1. The number of benzene rings is 1. The van der Waals surface area contributed by atoms with Crippen LogP contribution in [0.15, 0.2) is 53.7 Å². The van der Waals surface area contributed by atoms with Gasteiger partial charge in [0.15, 0.2) is 17.6 Å². The van der Waals surface area contributed by atoms with Crippen LogP contribution in [0.5, 0.6) is 0 Å². The lowest BCUT2D eigenvalue weighted by Crippen LogP contribution is -2.44. The van der Waals surface area contributed by atoms with E-state index in [4.69, 9.17) is 4.74 Å². The van der Waals surface area contributed by atoms with Crippen LogP contribution in [0.25, 0.3) is 0 Å². The van der Waals surface area contributed by atoms with Gasteiger partial charge in [-0.3, -0.25) is 4.99 Å². The second kappa shape index (κ2) is 10.6. The number of guanidine groups is 1. The summed E-state index contributed by atoms with van der Waals surface area (Å²) in [7, 11) is 0. The number of ether oxygens (including phenoxy) is 1. The number of aliphatic imine (C=N–C) groups is 1. The molecule has 6 nitrogen and oxygen atoms in total. The maximum atomic E-state index is 13.9. The van der Waals surface area contributed by atoms with E-state index in [-0.39, 0.29) is 11.9 Å². The van der Waals surface area contributed by atoms with Crippen molar-refractivity contribution < 1.29 is 9.13 Å². The first-order chi connectivity index (χ1) is 13.8. The van der Waals surface area contributed by atoms with Crippen LogP contribution in [-0.2, 0) is 11.3 Å². The van der Waals surface area contributed by atoms with E-state index in [1.54, 1.807) is 12.3 Å². The van der Waals surface area contributed by atoms with E-state index in [9.17, 15) is 4.39 Å². The fourth-order valence-electron chi connectivity index (χ4n) is 3.18. The molecular formula is C21H28FN5O. The van der Waals surface area contributed by atoms with E-state index in [1.165, 1.54) is 6.07 Å². The van der Waals surface area contributed by atoms with Crippen molar-refractivity contribution in [3.63, 3.8) is 0 Å². The number of hydrogen-bond acceptors (Lipinski definition) is 4. The third-order valence-electron chi connectivity index (χ3n) is 4.53. The fourth-order valence-corrected chi connectivity index (χ4v) is 3.18. The van der Waals surface area contributed by atoms with Crippen LogP contribution in [0, 0.1) is 5.82 Å². The third-order valence-corrected chi connectivity index (χ3v) is 4.53. The molecule has 1 aliphatic heterocycles. The third kappa shape index (κ3) is 5.92. The summed E-state index contributed by atoms with van der Waals surface area (Å²) in [6.45, 7) is 6.01. The van der Waals surface area contributed by atoms with Crippen molar-refractivity contribution in [1.82, 2.24) is 15.6 Å². The van der Waals surface area contributed by atoms with Crippen molar-refractivity contribution in [3.8, 4) is 0 Å². The molecule has 2 aromatic rings. The van der Waals surface area contributed by atoms with E-state index < -0.39 is 0 Å². The molecule has 2 heterocycles. The molecule has 7 heteroatoms. The number of aromatic nitrogens is 1. The number of rotatable bonds is 8. The lowest BCUT2D eigenvalue weighted by atomic mass is 10.2. The number of hydrogen-bond donors (Lipinski definition) is 2. The van der Waals surface area contributed by atoms with Gasteiger partial charge >= 0.3 is 0 Å². The Bertz CT molecular complexity index is 755. The van der Waals surface area contributed by atoms with Gasteiger partial charge < -0.3 is 20.3 Å². The van der Waals surface area contributed by atoms with E-state index >= 15 is 0 Å². The Kier molecular flexibility index (Phi) is 7.61. The molecule has 0 bridgehead atoms. The minimum Gasteiger partial charge on any atom is -0.375 e. The van der Waals surface area contributed by atoms with Crippen LogP contribution in [0.3, 0.4) is 0 Å². The maximum absolute atomic E-state index is 13.9. The predicted octanol–water partition coefficient (Wildman–Crippen LogP) is 2.57. The van der Waals surface area contributed by atoms with Gasteiger partial charge in [0.1, 0.15) is 0 Å². The summed E-state index contributed by atoms with van der Waals surface area (Å²) < 4.78 is 19.6. The first-order valence-electron chi connectivity index (χ1n) is 9.78. The molecule has 1 fully saturated rings. The quantitative estimate of drug-likeness (QED) is 0.415. The molecule has 150 valence electrons. The average Bonchev–Trinajstić information content (AvgIpc) is 3.17. The number of anilines is 1. The second-order valence-corrected chi connectivity index (χ2v) is 6.68. The standard InChI is InChI=1S/C21H28FN5O/c1-2-23-21(25-12-14-28-16-17-7-4-3-5-8-17)26-18-10-13-27(15-18)20-19(22)9-6-11-24-20/h3-9,11,18H,2,10,12-16H2,1H3,(H2,23,25,26). The zero-order chi connectivity index (χ0) is 19.6. The van der Waals surface area contributed by atoms with E-state index in [1.807, 2.05) is 42.2 Å². The van der Waals surface area contributed by atoms with Gasteiger partial charge in [-0.25, -0.2) is 9.37 Å². The Hall–Kier alpha value is -2.67. The summed E-state index contributed by atoms with van der Waals surface area (Å²) in [4.78, 5) is 10.7. The van der Waals surface area contributed by atoms with Crippen LogP contribution in [0.1, 0.15) is 18.9 Å². The lowest BCUT2D eigenvalue weighted by Gasteiger charge is -2.20. The Labute approximate surface area is 165 Å². The molecule has 28 heavy (non-hydrogen) atoms. The summed E-state index contributed by atoms with van der Waals surface area (Å²) in [5.74, 6) is 0.904. The maximum Gasteiger partial charge on any atom is 0.191 e. The van der Waals surface area contributed by atoms with Crippen molar-refractivity contribution in [1.29, 1.82) is 0 Å². The van der Waals surface area contributed by atoms with Gasteiger partial charge in [-0.2, -0.15) is 0 Å². The van der Waals surface area contributed by atoms with Crippen molar-refractivity contribution in [2.75, 3.05) is 37.7 Å². The van der Waals surface area contributed by atoms with Gasteiger partial charge in [0.05, 0.1) is 19.8 Å². The molecule has 0 saturated carbocycles. The summed E-state index contributed by atoms with van der Waals surface area (Å²) in [5.41, 5.74) is 1.16. The number of pyridine rings is 1.